The van der Waals surface area contributed by atoms with Crippen LogP contribution in [0.3, 0.4) is 0 Å². The van der Waals surface area contributed by atoms with Gasteiger partial charge in [-0.15, -0.1) is 17.1 Å². The summed E-state index contributed by atoms with van der Waals surface area (Å²) >= 11 is -0.167. The summed E-state index contributed by atoms with van der Waals surface area (Å²) in [6.45, 7) is 0. The predicted octanol–water partition coefficient (Wildman–Crippen LogP) is -1.98. The van der Waals surface area contributed by atoms with Crippen molar-refractivity contribution in [1.29, 1.82) is 0 Å². The number of halogens is 2. The van der Waals surface area contributed by atoms with Gasteiger partial charge in [-0.2, -0.15) is 0 Å². The molecule has 0 aromatic carbocycles. The van der Waals surface area contributed by atoms with Crippen LogP contribution in [0.1, 0.15) is 0 Å². The van der Waals surface area contributed by atoms with Gasteiger partial charge in [0, 0.05) is 19.5 Å². The molecule has 0 aliphatic heterocycles. The molecule has 0 rings (SSSR count). The summed E-state index contributed by atoms with van der Waals surface area (Å²) in [5.41, 5.74) is 0. The third-order valence-electron chi connectivity index (χ3n) is 0. The molecule has 0 aliphatic carbocycles. The third kappa shape index (κ3) is 35.6. The molecule has 6 heteroatoms. The van der Waals surface area contributed by atoms with Crippen molar-refractivity contribution in [3.8, 4) is 0 Å². The van der Waals surface area contributed by atoms with E-state index in [0.717, 1.165) is 0 Å². The van der Waals surface area contributed by atoms with Crippen molar-refractivity contribution in [1.82, 2.24) is 0 Å². The second-order valence-electron chi connectivity index (χ2n) is 0.0690. The smallest absolute Gasteiger partial charge is 0.327 e. The van der Waals surface area contributed by atoms with Gasteiger partial charge in [0.1, 0.15) is 0 Å². The first kappa shape index (κ1) is 24.2. The van der Waals surface area contributed by atoms with Crippen LogP contribution in [0.4, 0.5) is 0 Å². The maximum absolute atomic E-state index is 8.35. The van der Waals surface area contributed by atoms with Gasteiger partial charge >= 0.3 is 40.9 Å². The van der Waals surface area contributed by atoms with E-state index in [9.17, 15) is 0 Å². The minimum absolute atomic E-state index is 0. The van der Waals surface area contributed by atoms with Crippen LogP contribution in [-0.4, -0.2) is 34.2 Å². The Morgan fingerprint density at radius 1 is 1.50 bits per heavy atom. The average Bonchev–Trinajstić information content (AvgIpc) is 0.918. The number of hydrogen-bond donors (Lipinski definition) is 1. The maximum Gasteiger partial charge on any atom is 0.327 e. The summed E-state index contributed by atoms with van der Waals surface area (Å²) in [7, 11) is 0. The van der Waals surface area contributed by atoms with Crippen molar-refractivity contribution in [2.24, 2.45) is 0 Å². The molecule has 0 saturated heterocycles. The molecular formula is H3Cl2NaO2Zn. The van der Waals surface area contributed by atoms with Crippen LogP contribution < -0.4 is 4.66 Å². The fourth-order valence-electron chi connectivity index (χ4n) is 0. The molecule has 0 aromatic rings. The van der Waals surface area contributed by atoms with Gasteiger partial charge in [0.15, 0.2) is 0 Å². The van der Waals surface area contributed by atoms with E-state index < -0.39 is 0 Å². The summed E-state index contributed by atoms with van der Waals surface area (Å²) < 4.78 is 15.2. The van der Waals surface area contributed by atoms with Gasteiger partial charge in [0.05, 0.1) is 0 Å². The van der Waals surface area contributed by atoms with Crippen LogP contribution in [0.2, 0.25) is 0 Å². The van der Waals surface area contributed by atoms with Gasteiger partial charge in [-0.1, -0.05) is 0 Å². The molecule has 2 nitrogen and oxygen atoms in total. The molecular weight excluding hydrogens is 191 g/mol. The molecule has 32 valence electrons. The molecule has 0 aliphatic rings. The number of hydrogen-bond acceptors (Lipinski definition) is 2. The fraction of sp³-hybridized carbons (Fsp3) is 0. The summed E-state index contributed by atoms with van der Waals surface area (Å²) in [5.74, 6) is 0. The molecule has 0 aromatic heterocycles. The van der Waals surface area contributed by atoms with E-state index in [2.05, 4.69) is 0 Å². The molecule has 0 saturated carbocycles. The Bertz CT molecular complexity index is 11.5. The van der Waals surface area contributed by atoms with Crippen LogP contribution in [-0.2, 0) is 19.5 Å². The second kappa shape index (κ2) is 27.4. The minimum atomic E-state index is -0.167. The van der Waals surface area contributed by atoms with Crippen molar-refractivity contribution in [2.75, 3.05) is 0 Å². The van der Waals surface area contributed by atoms with Crippen molar-refractivity contribution in [3.63, 3.8) is 0 Å². The van der Waals surface area contributed by atoms with Crippen molar-refractivity contribution in [2.45, 2.75) is 0 Å². The molecule has 0 amide bonds. The van der Waals surface area contributed by atoms with Gasteiger partial charge in [0.25, 0.3) is 0 Å². The van der Waals surface area contributed by atoms with E-state index >= 15 is 0 Å². The zero-order chi connectivity index (χ0) is 2.71. The van der Waals surface area contributed by atoms with Crippen LogP contribution in [0.15, 0.2) is 0 Å². The molecule has 0 fully saturated rings. The van der Waals surface area contributed by atoms with E-state index in [-0.39, 0.29) is 72.8 Å². The van der Waals surface area contributed by atoms with Crippen LogP contribution >= 0.6 is 12.4 Å². The predicted molar refractivity (Wildman–Crippen MR) is 16.6 cm³/mol. The first-order valence-electron chi connectivity index (χ1n) is 0.323. The average molecular weight is 194 g/mol. The van der Waals surface area contributed by atoms with Crippen molar-refractivity contribution < 1.29 is 40.1 Å². The van der Waals surface area contributed by atoms with Crippen LogP contribution in [0.5, 0.6) is 0 Å². The van der Waals surface area contributed by atoms with E-state index in [4.69, 9.17) is 9.32 Å². The zero-order valence-electron chi connectivity index (χ0n) is 2.35. The Morgan fingerprint density at radius 3 is 1.50 bits per heavy atom. The van der Waals surface area contributed by atoms with E-state index in [1.54, 1.807) is 0 Å². The van der Waals surface area contributed by atoms with Gasteiger partial charge in [0.2, 0.25) is 0 Å². The SMILES string of the molecule is Cl.[NaH].[O-][Cl+]O.[Zn]. The van der Waals surface area contributed by atoms with Crippen LogP contribution in [0.25, 0.3) is 0 Å². The second-order valence-corrected chi connectivity index (χ2v) is 0.207. The van der Waals surface area contributed by atoms with E-state index in [1.807, 2.05) is 0 Å². The van der Waals surface area contributed by atoms with Gasteiger partial charge < -0.3 is 4.66 Å². The summed E-state index contributed by atoms with van der Waals surface area (Å²) in [5, 5.41) is 0. The van der Waals surface area contributed by atoms with Crippen LogP contribution in [0, 0.1) is 11.3 Å². The Kier molecular flexibility index (Phi) is 111. The largest absolute Gasteiger partial charge is 0.506 e. The topological polar surface area (TPSA) is 43.3 Å². The Morgan fingerprint density at radius 2 is 1.50 bits per heavy atom. The normalized spacial score (nSPS) is 3.00. The summed E-state index contributed by atoms with van der Waals surface area (Å²) in [6, 6.07) is 0. The van der Waals surface area contributed by atoms with Gasteiger partial charge in [-0.3, -0.25) is 0 Å². The van der Waals surface area contributed by atoms with E-state index in [1.165, 1.54) is 0 Å². The quantitative estimate of drug-likeness (QED) is 0.454. The number of rotatable bonds is 0. The fourth-order valence-corrected chi connectivity index (χ4v) is 0. The zero-order valence-corrected chi connectivity index (χ0v) is 6.89. The third-order valence-corrected chi connectivity index (χ3v) is 0. The summed E-state index contributed by atoms with van der Waals surface area (Å²) in [6.07, 6.45) is 0. The molecule has 0 bridgehead atoms. The molecule has 0 atom stereocenters. The Balaban J connectivity index is -0.00000000667. The molecule has 0 spiro atoms. The molecule has 1 N–H and O–H groups in total. The first-order valence-corrected chi connectivity index (χ1v) is 0.970. The minimum Gasteiger partial charge on any atom is -0.506 e. The Hall–Kier alpha value is 2.12. The monoisotopic (exact) mass is 192 g/mol. The molecule has 0 heterocycles. The van der Waals surface area contributed by atoms with Gasteiger partial charge in [-0.25, -0.2) is 0 Å². The summed E-state index contributed by atoms with van der Waals surface area (Å²) in [4.78, 5) is 0. The first-order chi connectivity index (χ1) is 1.41. The van der Waals surface area contributed by atoms with Gasteiger partial charge in [-0.05, 0) is 0 Å². The molecule has 6 heavy (non-hydrogen) atoms. The molecule has 0 radical (unpaired) electrons. The standard InChI is InChI=1S/ClHO2.ClH.Na.Zn.H/c2-1-3;;;;/h2H;1H;;;. The molecule has 0 unspecified atom stereocenters. The Labute approximate surface area is 81.2 Å². The van der Waals surface area contributed by atoms with E-state index in [0.29, 0.717) is 0 Å². The maximum atomic E-state index is 8.35. The van der Waals surface area contributed by atoms with Crippen molar-refractivity contribution in [3.05, 3.63) is 0 Å². The van der Waals surface area contributed by atoms with Crippen molar-refractivity contribution >= 4 is 42.0 Å².